The minimum absolute atomic E-state index is 0.0230. The highest BCUT2D eigenvalue weighted by molar-refractivity contribution is 14.1. The molecule has 4 unspecified atom stereocenters. The van der Waals surface area contributed by atoms with Gasteiger partial charge in [-0.3, -0.25) is 43.6 Å². The molecule has 8 rings (SSSR count). The van der Waals surface area contributed by atoms with Gasteiger partial charge in [0.1, 0.15) is 48.5 Å². The van der Waals surface area contributed by atoms with Crippen molar-refractivity contribution in [1.29, 1.82) is 0 Å². The number of guanidine groups is 1. The maximum absolute atomic E-state index is 14.7. The monoisotopic (exact) mass is 1240 g/mol. The maximum atomic E-state index is 14.7. The molecule has 5 aliphatic rings. The SMILES string of the molecule is CN1C(=O)[C@@H](Cc2ccc(O)c(I)c2)NC(=O)CNC(=O)[C@H](Cc2ccc3ccccc3c2)NC(=O)[C@H](CCCN=C(N)N)NC(=O)[C@H]1CCCNC(=O)CCCC(=O)NC12CNCCNCC3(C)CNCCN(C1)[NH+](CCNC3)C2. The predicted octanol–water partition coefficient (Wildman–Crippen LogP) is -3.17. The molecule has 5 fully saturated rings. The molecule has 25 heteroatoms. The van der Waals surface area contributed by atoms with Crippen molar-refractivity contribution in [3.63, 3.8) is 0 Å². The number of nitrogens with two attached hydrogens (primary N) is 2. The van der Waals surface area contributed by atoms with Gasteiger partial charge in [-0.1, -0.05) is 55.5 Å². The smallest absolute Gasteiger partial charge is 0.245 e. The zero-order valence-corrected chi connectivity index (χ0v) is 48.9. The molecule has 7 amide bonds. The Hall–Kier alpha value is -6.23. The lowest BCUT2D eigenvalue weighted by Crippen LogP contribution is -3.17. The molecule has 16 N–H and O–H groups in total. The number of amides is 7. The Morgan fingerprint density at radius 1 is 0.765 bits per heavy atom. The van der Waals surface area contributed by atoms with E-state index >= 15 is 0 Å². The van der Waals surface area contributed by atoms with Crippen LogP contribution in [0.5, 0.6) is 5.75 Å². The Labute approximate surface area is 487 Å². The molecule has 8 atom stereocenters. The number of quaternary nitrogens is 1. The topological polar surface area (TPSA) is 335 Å². The summed E-state index contributed by atoms with van der Waals surface area (Å²) in [5.74, 6) is -3.91. The van der Waals surface area contributed by atoms with Crippen molar-refractivity contribution in [3.05, 3.63) is 75.4 Å². The van der Waals surface area contributed by atoms with Crippen LogP contribution in [0.15, 0.2) is 65.7 Å². The number of fused-ring (bicyclic) bond motifs is 12. The molecule has 4 bridgehead atoms. The fourth-order valence-electron chi connectivity index (χ4n) is 11.1. The van der Waals surface area contributed by atoms with Gasteiger partial charge in [0.25, 0.3) is 0 Å². The van der Waals surface area contributed by atoms with Crippen molar-refractivity contribution in [3.8, 4) is 5.75 Å². The third kappa shape index (κ3) is 18.9. The highest BCUT2D eigenvalue weighted by Crippen LogP contribution is 2.23. The second kappa shape index (κ2) is 30.2. The summed E-state index contributed by atoms with van der Waals surface area (Å²) in [7, 11) is 1.43. The summed E-state index contributed by atoms with van der Waals surface area (Å²) >= 11 is 1.96. The number of aromatic hydroxyl groups is 1. The van der Waals surface area contributed by atoms with Gasteiger partial charge >= 0.3 is 0 Å². The molecule has 0 aliphatic carbocycles. The standard InChI is InChI=1S/C56H83IN16O8/c1-55-31-60-20-21-61-34-56(35-72(24-22-62-32-55)73(36-56)25-23-63-33-55)70-48(76)13-5-12-47(75)64-18-7-11-45-52(80)68-42(10-6-19-65-54(58)59)51(79)69-43(28-37-14-16-39-8-3-4-9-40(39)26-37)50(78)66-30-49(77)67-44(53(81)71(45)2)29-38-15-17-46(74)41(57)27-38/h3-4,8-9,14-17,26-27,42-45,60-63,74H,5-7,10-13,18-25,28-36H2,1-2H3,(H,64,75)(H,66,78)(H,67,77)(H,68,80)(H,69,79)(H,70,76)(H4,58,59,65)/p+1/t42-,43-,44+,45+,55?,56?/m0/s1. The van der Waals surface area contributed by atoms with Gasteiger partial charge < -0.3 is 74.6 Å². The van der Waals surface area contributed by atoms with E-state index in [0.29, 0.717) is 28.6 Å². The van der Waals surface area contributed by atoms with Crippen molar-refractivity contribution < 1.29 is 43.7 Å². The largest absolute Gasteiger partial charge is 0.507 e. The third-order valence-electron chi connectivity index (χ3n) is 15.5. The molecule has 81 heavy (non-hydrogen) atoms. The molecule has 3 aromatic carbocycles. The van der Waals surface area contributed by atoms with Crippen LogP contribution in [0.25, 0.3) is 10.8 Å². The minimum Gasteiger partial charge on any atom is -0.507 e. The number of halogens is 1. The van der Waals surface area contributed by atoms with Gasteiger partial charge in [0, 0.05) is 104 Å². The fraction of sp³-hybridized carbons (Fsp3) is 0.571. The summed E-state index contributed by atoms with van der Waals surface area (Å²) in [5, 5.41) is 47.9. The lowest BCUT2D eigenvalue weighted by molar-refractivity contribution is -1.00. The van der Waals surface area contributed by atoms with Gasteiger partial charge in [-0.05, 0) is 88.7 Å². The van der Waals surface area contributed by atoms with E-state index in [4.69, 9.17) is 11.5 Å². The van der Waals surface area contributed by atoms with Crippen molar-refractivity contribution in [2.24, 2.45) is 21.9 Å². The lowest BCUT2D eigenvalue weighted by Gasteiger charge is -2.32. The second-order valence-electron chi connectivity index (χ2n) is 22.4. The summed E-state index contributed by atoms with van der Waals surface area (Å²) in [5.41, 5.74) is 12.1. The first-order valence-electron chi connectivity index (χ1n) is 28.3. The molecule has 442 valence electrons. The average Bonchev–Trinajstić information content (AvgIpc) is 3.86. The van der Waals surface area contributed by atoms with Crippen LogP contribution in [0, 0.1) is 8.99 Å². The Morgan fingerprint density at radius 3 is 2.21 bits per heavy atom. The summed E-state index contributed by atoms with van der Waals surface area (Å²) in [6.45, 7) is 11.8. The van der Waals surface area contributed by atoms with E-state index in [2.05, 4.69) is 70.1 Å². The van der Waals surface area contributed by atoms with Crippen LogP contribution >= 0.6 is 22.6 Å². The van der Waals surface area contributed by atoms with Crippen LogP contribution in [0.1, 0.15) is 63.0 Å². The van der Waals surface area contributed by atoms with Crippen molar-refractivity contribution in [2.45, 2.75) is 94.4 Å². The molecule has 24 nitrogen and oxygen atoms in total. The molecule has 0 spiro atoms. The highest BCUT2D eigenvalue weighted by atomic mass is 127. The number of rotatable bonds is 17. The predicted molar refractivity (Wildman–Crippen MR) is 316 cm³/mol. The zero-order valence-electron chi connectivity index (χ0n) is 46.7. The number of hydrogen-bond donors (Lipinski definition) is 14. The average molecular weight is 1240 g/mol. The van der Waals surface area contributed by atoms with Crippen LogP contribution in [-0.2, 0) is 46.4 Å². The molecular formula is C56H84IN16O8+. The summed E-state index contributed by atoms with van der Waals surface area (Å²) < 4.78 is 0.513. The van der Waals surface area contributed by atoms with E-state index in [0.717, 1.165) is 81.8 Å². The minimum atomic E-state index is -1.24. The molecule has 5 aliphatic heterocycles. The number of aliphatic imine (C=N–C) groups is 1. The molecule has 5 saturated heterocycles. The van der Waals surface area contributed by atoms with Crippen LogP contribution in [0.3, 0.4) is 0 Å². The number of nitrogens with one attached hydrogen (secondary N) is 11. The molecule has 0 saturated carbocycles. The van der Waals surface area contributed by atoms with Gasteiger partial charge in [0.2, 0.25) is 41.4 Å². The number of carbonyl (C=O) groups is 7. The zero-order chi connectivity index (χ0) is 57.9. The number of hydrogen-bond acceptors (Lipinski definition) is 14. The van der Waals surface area contributed by atoms with Gasteiger partial charge in [0.05, 0.1) is 23.2 Å². The van der Waals surface area contributed by atoms with Crippen LogP contribution in [0.4, 0.5) is 0 Å². The number of phenolic OH excluding ortho intramolecular Hbond substituents is 1. The molecule has 0 aromatic heterocycles. The first kappa shape index (κ1) is 62.4. The van der Waals surface area contributed by atoms with Gasteiger partial charge in [-0.25, -0.2) is 0 Å². The molecule has 0 radical (unpaired) electrons. The molecular weight excluding hydrogens is 1150 g/mol. The summed E-state index contributed by atoms with van der Waals surface area (Å²) in [4.78, 5) is 104. The lowest BCUT2D eigenvalue weighted by atomic mass is 9.90. The normalized spacial score (nSPS) is 26.5. The first-order valence-corrected chi connectivity index (χ1v) is 29.4. The Bertz CT molecular complexity index is 2690. The number of phenols is 1. The second-order valence-corrected chi connectivity index (χ2v) is 23.5. The van der Waals surface area contributed by atoms with Gasteiger partial charge in [-0.15, -0.1) is 0 Å². The summed E-state index contributed by atoms with van der Waals surface area (Å²) in [6, 6.07) is 13.3. The number of likely N-dealkylation sites (N-methyl/N-ethyl adjacent to an activating group) is 1. The van der Waals surface area contributed by atoms with Gasteiger partial charge in [-0.2, -0.15) is 5.01 Å². The number of nitrogens with zero attached hydrogens (tertiary/aromatic N) is 3. The maximum Gasteiger partial charge on any atom is 0.245 e. The summed E-state index contributed by atoms with van der Waals surface area (Å²) in [6.07, 6.45) is 1.07. The van der Waals surface area contributed by atoms with E-state index in [1.54, 1.807) is 12.1 Å². The first-order chi connectivity index (χ1) is 38.9. The quantitative estimate of drug-likeness (QED) is 0.0275. The van der Waals surface area contributed by atoms with Crippen LogP contribution in [0.2, 0.25) is 0 Å². The number of carbonyl (C=O) groups excluding carboxylic acids is 7. The van der Waals surface area contributed by atoms with Crippen molar-refractivity contribution in [1.82, 2.24) is 63.1 Å². The number of benzene rings is 3. The molecule has 5 heterocycles. The van der Waals surface area contributed by atoms with Crippen molar-refractivity contribution in [2.75, 3.05) is 105 Å². The van der Waals surface area contributed by atoms with E-state index in [1.165, 1.54) is 23.0 Å². The van der Waals surface area contributed by atoms with E-state index in [1.807, 2.05) is 65.1 Å². The van der Waals surface area contributed by atoms with E-state index in [9.17, 15) is 38.7 Å². The van der Waals surface area contributed by atoms with E-state index in [-0.39, 0.29) is 93.4 Å². The molecule has 3 aromatic rings. The van der Waals surface area contributed by atoms with Crippen molar-refractivity contribution >= 4 is 80.7 Å². The van der Waals surface area contributed by atoms with Crippen LogP contribution in [-0.4, -0.2) is 197 Å². The van der Waals surface area contributed by atoms with E-state index < -0.39 is 65.8 Å². The Morgan fingerprint density at radius 2 is 1.44 bits per heavy atom. The fourth-order valence-corrected chi connectivity index (χ4v) is 11.7. The highest BCUT2D eigenvalue weighted by Gasteiger charge is 2.47. The Balaban J connectivity index is 1.02. The van der Waals surface area contributed by atoms with Crippen LogP contribution < -0.4 is 69.6 Å². The third-order valence-corrected chi connectivity index (χ3v) is 16.4. The van der Waals surface area contributed by atoms with Gasteiger partial charge in [0.15, 0.2) is 5.96 Å². The Kier molecular flexibility index (Phi) is 23.2.